The molecule has 12 rings (SSSR count). The van der Waals surface area contributed by atoms with Gasteiger partial charge in [0.1, 0.15) is 11.6 Å². The summed E-state index contributed by atoms with van der Waals surface area (Å²) in [4.78, 5) is 10.2. The monoisotopic (exact) mass is 823 g/mol. The van der Waals surface area contributed by atoms with E-state index in [1.54, 1.807) is 0 Å². The molecule has 12 aromatic rings. The summed E-state index contributed by atoms with van der Waals surface area (Å²) in [5, 5.41) is 2.42. The Morgan fingerprint density at radius 3 is 1.09 bits per heavy atom. The van der Waals surface area contributed by atoms with Crippen LogP contribution in [-0.2, 0) is 0 Å². The van der Waals surface area contributed by atoms with Gasteiger partial charge in [-0.25, -0.2) is 9.97 Å². The highest BCUT2D eigenvalue weighted by Gasteiger charge is 2.18. The number of aromatic nitrogens is 5. The van der Waals surface area contributed by atoms with Crippen LogP contribution in [0, 0.1) is 6.92 Å². The van der Waals surface area contributed by atoms with Crippen molar-refractivity contribution in [2.75, 3.05) is 0 Å². The normalized spacial score (nSPS) is 11.4. The highest BCUT2D eigenvalue weighted by molar-refractivity contribution is 6.11. The zero-order valence-corrected chi connectivity index (χ0v) is 36.0. The molecule has 0 aliphatic heterocycles. The average Bonchev–Trinajstić information content (AvgIpc) is 4.05. The van der Waals surface area contributed by atoms with E-state index < -0.39 is 0 Å². The predicted octanol–water partition coefficient (Wildman–Crippen LogP) is 15.5. The number of imidazole rings is 2. The number of hydrogen-bond acceptors (Lipinski definition) is 2. The number of hydrogen-bond donors (Lipinski definition) is 0. The second-order valence-electron chi connectivity index (χ2n) is 16.0. The van der Waals surface area contributed by atoms with Crippen LogP contribution in [0.5, 0.6) is 0 Å². The van der Waals surface area contributed by atoms with E-state index in [0.29, 0.717) is 0 Å². The van der Waals surface area contributed by atoms with Crippen molar-refractivity contribution in [2.24, 2.45) is 0 Å². The summed E-state index contributed by atoms with van der Waals surface area (Å²) in [6, 6.07) is 78.0. The standard InChI is InChI=1S/C57H39N5.C2H6/c1-38-20-32-47(33-21-38)60-52-34-30-43(39-22-26-41(27-23-39)56-58-50-16-8-10-18-54(50)61(56)45-12-4-2-5-13-45)36-48(52)49-37-44(31-35-53(49)60)40-24-28-42(29-25-40)57-59-51-17-9-11-19-55(51)62(57)46-14-6-3-7-15-46;1-2/h2-37H,1H3;1-2H3. The van der Waals surface area contributed by atoms with Crippen LogP contribution < -0.4 is 0 Å². The zero-order valence-electron chi connectivity index (χ0n) is 36.0. The Hall–Kier alpha value is -8.28. The van der Waals surface area contributed by atoms with E-state index in [1.165, 1.54) is 38.5 Å². The summed E-state index contributed by atoms with van der Waals surface area (Å²) in [7, 11) is 0. The van der Waals surface area contributed by atoms with Crippen LogP contribution in [0.1, 0.15) is 19.4 Å². The lowest BCUT2D eigenvalue weighted by Crippen LogP contribution is -1.97. The fourth-order valence-corrected chi connectivity index (χ4v) is 9.09. The van der Waals surface area contributed by atoms with Gasteiger partial charge < -0.3 is 4.57 Å². The second-order valence-corrected chi connectivity index (χ2v) is 16.0. The Bertz CT molecular complexity index is 3380. The van der Waals surface area contributed by atoms with Crippen molar-refractivity contribution in [3.05, 3.63) is 224 Å². The van der Waals surface area contributed by atoms with Gasteiger partial charge in [0.2, 0.25) is 0 Å². The lowest BCUT2D eigenvalue weighted by Gasteiger charge is -2.11. The quantitative estimate of drug-likeness (QED) is 0.161. The van der Waals surface area contributed by atoms with Gasteiger partial charge in [-0.1, -0.05) is 153 Å². The summed E-state index contributed by atoms with van der Waals surface area (Å²) < 4.78 is 6.90. The first kappa shape index (κ1) is 38.6. The van der Waals surface area contributed by atoms with Crippen LogP contribution in [0.25, 0.3) is 106 Å². The molecule has 0 unspecified atom stereocenters. The van der Waals surface area contributed by atoms with Crippen molar-refractivity contribution in [1.29, 1.82) is 0 Å². The van der Waals surface area contributed by atoms with Crippen LogP contribution in [0.4, 0.5) is 0 Å². The summed E-state index contributed by atoms with van der Waals surface area (Å²) in [5.41, 5.74) is 17.8. The molecule has 0 N–H and O–H groups in total. The molecule has 64 heavy (non-hydrogen) atoms. The van der Waals surface area contributed by atoms with E-state index in [4.69, 9.17) is 9.97 Å². The van der Waals surface area contributed by atoms with Gasteiger partial charge in [0.25, 0.3) is 0 Å². The number of rotatable bonds is 7. The van der Waals surface area contributed by atoms with Gasteiger partial charge in [0.05, 0.1) is 33.1 Å². The van der Waals surface area contributed by atoms with E-state index in [0.717, 1.165) is 73.0 Å². The molecule has 5 heteroatoms. The molecule has 9 aromatic carbocycles. The highest BCUT2D eigenvalue weighted by Crippen LogP contribution is 2.39. The molecule has 0 aliphatic carbocycles. The lowest BCUT2D eigenvalue weighted by molar-refractivity contribution is 1.10. The maximum Gasteiger partial charge on any atom is 0.145 e. The molecule has 3 aromatic heterocycles. The van der Waals surface area contributed by atoms with Crippen molar-refractivity contribution < 1.29 is 0 Å². The summed E-state index contributed by atoms with van der Waals surface area (Å²) in [6.45, 7) is 6.14. The molecule has 0 aliphatic rings. The molecule has 0 fully saturated rings. The summed E-state index contributed by atoms with van der Waals surface area (Å²) >= 11 is 0. The van der Waals surface area contributed by atoms with Gasteiger partial charge in [0, 0.05) is 39.0 Å². The molecule has 0 amide bonds. The third kappa shape index (κ3) is 6.66. The number of aryl methyl sites for hydroxylation is 1. The number of fused-ring (bicyclic) bond motifs is 5. The molecule has 0 radical (unpaired) electrons. The van der Waals surface area contributed by atoms with Crippen molar-refractivity contribution >= 4 is 43.9 Å². The molecular formula is C59H45N5. The third-order valence-corrected chi connectivity index (χ3v) is 12.2. The first-order valence-electron chi connectivity index (χ1n) is 22.1. The molecule has 0 saturated carbocycles. The minimum Gasteiger partial charge on any atom is -0.309 e. The second kappa shape index (κ2) is 16.2. The van der Waals surface area contributed by atoms with E-state index in [2.05, 4.69) is 227 Å². The van der Waals surface area contributed by atoms with Crippen LogP contribution in [0.15, 0.2) is 218 Å². The van der Waals surface area contributed by atoms with Gasteiger partial charge in [0.15, 0.2) is 0 Å². The fourth-order valence-electron chi connectivity index (χ4n) is 9.09. The van der Waals surface area contributed by atoms with Crippen LogP contribution in [0.2, 0.25) is 0 Å². The van der Waals surface area contributed by atoms with Gasteiger partial charge in [-0.3, -0.25) is 9.13 Å². The van der Waals surface area contributed by atoms with Crippen molar-refractivity contribution in [1.82, 2.24) is 23.7 Å². The molecule has 3 heterocycles. The topological polar surface area (TPSA) is 40.6 Å². The van der Waals surface area contributed by atoms with Crippen LogP contribution >= 0.6 is 0 Å². The number of para-hydroxylation sites is 6. The van der Waals surface area contributed by atoms with E-state index in [-0.39, 0.29) is 0 Å². The van der Waals surface area contributed by atoms with Gasteiger partial charge in [-0.2, -0.15) is 0 Å². The average molecular weight is 824 g/mol. The molecule has 0 atom stereocenters. The van der Waals surface area contributed by atoms with Crippen molar-refractivity contribution in [3.8, 4) is 62.1 Å². The van der Waals surface area contributed by atoms with Crippen molar-refractivity contribution in [2.45, 2.75) is 20.8 Å². The number of nitrogens with zero attached hydrogens (tertiary/aromatic N) is 5. The smallest absolute Gasteiger partial charge is 0.145 e. The largest absolute Gasteiger partial charge is 0.309 e. The molecule has 0 saturated heterocycles. The maximum absolute atomic E-state index is 5.11. The molecule has 5 nitrogen and oxygen atoms in total. The first-order valence-corrected chi connectivity index (χ1v) is 22.1. The maximum atomic E-state index is 5.11. The molecule has 306 valence electrons. The molecule has 0 bridgehead atoms. The van der Waals surface area contributed by atoms with E-state index in [1.807, 2.05) is 26.0 Å². The number of benzene rings is 9. The lowest BCUT2D eigenvalue weighted by atomic mass is 9.99. The van der Waals surface area contributed by atoms with E-state index >= 15 is 0 Å². The predicted molar refractivity (Wildman–Crippen MR) is 268 cm³/mol. The molecular weight excluding hydrogens is 779 g/mol. The SMILES string of the molecule is CC.Cc1ccc(-n2c3ccc(-c4ccc(-c5nc6ccccc6n5-c5ccccc5)cc4)cc3c3cc(-c4ccc(-c5nc6ccccc6n5-c5ccccc5)cc4)ccc32)cc1. The Labute approximate surface area is 372 Å². The van der Waals surface area contributed by atoms with Crippen molar-refractivity contribution in [3.63, 3.8) is 0 Å². The van der Waals surface area contributed by atoms with Gasteiger partial charge in [-0.15, -0.1) is 0 Å². The Morgan fingerprint density at radius 2 is 0.656 bits per heavy atom. The summed E-state index contributed by atoms with van der Waals surface area (Å²) in [5.74, 6) is 1.85. The Morgan fingerprint density at radius 1 is 0.297 bits per heavy atom. The Balaban J connectivity index is 0.00000225. The Kier molecular flexibility index (Phi) is 9.78. The van der Waals surface area contributed by atoms with E-state index in [9.17, 15) is 0 Å². The minimum atomic E-state index is 0.927. The van der Waals surface area contributed by atoms with Gasteiger partial charge in [-0.05, 0) is 114 Å². The zero-order chi connectivity index (χ0) is 43.1. The van der Waals surface area contributed by atoms with Gasteiger partial charge >= 0.3 is 0 Å². The molecule has 0 spiro atoms. The minimum absolute atomic E-state index is 0.927. The van der Waals surface area contributed by atoms with Crippen LogP contribution in [-0.4, -0.2) is 23.7 Å². The van der Waals surface area contributed by atoms with Crippen LogP contribution in [0.3, 0.4) is 0 Å². The first-order chi connectivity index (χ1) is 31.6. The summed E-state index contributed by atoms with van der Waals surface area (Å²) in [6.07, 6.45) is 0. The highest BCUT2D eigenvalue weighted by atomic mass is 15.1. The fraction of sp³-hybridized carbons (Fsp3) is 0.0508. The third-order valence-electron chi connectivity index (χ3n) is 12.2.